The summed E-state index contributed by atoms with van der Waals surface area (Å²) in [5.74, 6) is -0.305. The highest BCUT2D eigenvalue weighted by Crippen LogP contribution is 2.19. The summed E-state index contributed by atoms with van der Waals surface area (Å²) in [7, 11) is 0. The maximum Gasteiger partial charge on any atom is 0.330 e. The molecule has 1 aliphatic rings. The number of carbonyl (C=O) groups excluding carboxylic acids is 1. The van der Waals surface area contributed by atoms with Crippen molar-refractivity contribution in [1.82, 2.24) is 4.90 Å². The average molecular weight is 337 g/mol. The summed E-state index contributed by atoms with van der Waals surface area (Å²) < 4.78 is 10.5. The molecule has 2 aromatic rings. The standard InChI is InChI=1S/C21H23NO3/c23-21(25-17-14-22-12-15-24-16-13-22)11-8-18-6-9-20(10-7-18)19-4-2-1-3-5-19/h1-11H,12-17H2/b11-8-. The van der Waals surface area contributed by atoms with Crippen LogP contribution in [0.3, 0.4) is 0 Å². The van der Waals surface area contributed by atoms with Crippen molar-refractivity contribution in [3.05, 3.63) is 66.2 Å². The molecule has 0 N–H and O–H groups in total. The van der Waals surface area contributed by atoms with E-state index in [2.05, 4.69) is 29.2 Å². The second kappa shape index (κ2) is 9.16. The van der Waals surface area contributed by atoms with Gasteiger partial charge in [0.05, 0.1) is 13.2 Å². The molecule has 0 unspecified atom stereocenters. The fourth-order valence-corrected chi connectivity index (χ4v) is 2.73. The number of hydrogen-bond donors (Lipinski definition) is 0. The molecular formula is C21H23NO3. The Morgan fingerprint density at radius 1 is 1.00 bits per heavy atom. The Morgan fingerprint density at radius 3 is 2.40 bits per heavy atom. The summed E-state index contributed by atoms with van der Waals surface area (Å²) in [5, 5.41) is 0. The van der Waals surface area contributed by atoms with Crippen LogP contribution in [0.15, 0.2) is 60.7 Å². The molecule has 0 radical (unpaired) electrons. The monoisotopic (exact) mass is 337 g/mol. The number of carbonyl (C=O) groups is 1. The topological polar surface area (TPSA) is 38.8 Å². The van der Waals surface area contributed by atoms with Gasteiger partial charge in [0.15, 0.2) is 0 Å². The molecule has 0 aromatic heterocycles. The molecule has 130 valence electrons. The summed E-state index contributed by atoms with van der Waals surface area (Å²) in [6.45, 7) is 4.49. The van der Waals surface area contributed by atoms with E-state index in [-0.39, 0.29) is 5.97 Å². The summed E-state index contributed by atoms with van der Waals surface area (Å²) in [5.41, 5.74) is 3.32. The molecule has 1 aliphatic heterocycles. The van der Waals surface area contributed by atoms with E-state index in [9.17, 15) is 4.79 Å². The van der Waals surface area contributed by atoms with Gasteiger partial charge >= 0.3 is 5.97 Å². The van der Waals surface area contributed by atoms with Crippen LogP contribution in [0.4, 0.5) is 0 Å². The van der Waals surface area contributed by atoms with E-state index in [1.807, 2.05) is 30.3 Å². The molecule has 0 atom stereocenters. The van der Waals surface area contributed by atoms with Crippen LogP contribution in [0.25, 0.3) is 17.2 Å². The van der Waals surface area contributed by atoms with Crippen molar-refractivity contribution in [2.75, 3.05) is 39.5 Å². The van der Waals surface area contributed by atoms with Crippen molar-refractivity contribution in [2.24, 2.45) is 0 Å². The van der Waals surface area contributed by atoms with Crippen LogP contribution in [0.2, 0.25) is 0 Å². The van der Waals surface area contributed by atoms with Gasteiger partial charge in [-0.15, -0.1) is 0 Å². The maximum absolute atomic E-state index is 11.8. The first-order valence-electron chi connectivity index (χ1n) is 8.62. The Balaban J connectivity index is 1.45. The summed E-state index contributed by atoms with van der Waals surface area (Å²) >= 11 is 0. The van der Waals surface area contributed by atoms with E-state index in [4.69, 9.17) is 9.47 Å². The van der Waals surface area contributed by atoms with Gasteiger partial charge in [-0.3, -0.25) is 4.90 Å². The molecule has 0 amide bonds. The van der Waals surface area contributed by atoms with Crippen molar-refractivity contribution < 1.29 is 14.3 Å². The summed E-state index contributed by atoms with van der Waals surface area (Å²) in [6, 6.07) is 18.3. The van der Waals surface area contributed by atoms with E-state index < -0.39 is 0 Å². The van der Waals surface area contributed by atoms with Crippen molar-refractivity contribution in [3.8, 4) is 11.1 Å². The van der Waals surface area contributed by atoms with Crippen molar-refractivity contribution in [1.29, 1.82) is 0 Å². The first kappa shape index (κ1) is 17.4. The fourth-order valence-electron chi connectivity index (χ4n) is 2.73. The number of morpholine rings is 1. The highest BCUT2D eigenvalue weighted by molar-refractivity contribution is 5.87. The van der Waals surface area contributed by atoms with Gasteiger partial charge in [-0.1, -0.05) is 54.6 Å². The molecule has 4 nitrogen and oxygen atoms in total. The second-order valence-electron chi connectivity index (χ2n) is 5.94. The lowest BCUT2D eigenvalue weighted by molar-refractivity contribution is -0.138. The van der Waals surface area contributed by atoms with Gasteiger partial charge in [0, 0.05) is 25.7 Å². The number of rotatable bonds is 6. The van der Waals surface area contributed by atoms with Crippen molar-refractivity contribution in [2.45, 2.75) is 0 Å². The summed E-state index contributed by atoms with van der Waals surface area (Å²) in [4.78, 5) is 14.0. The van der Waals surface area contributed by atoms with Crippen molar-refractivity contribution >= 4 is 12.0 Å². The van der Waals surface area contributed by atoms with Crippen LogP contribution in [0.1, 0.15) is 5.56 Å². The fraction of sp³-hybridized carbons (Fsp3) is 0.286. The van der Waals surface area contributed by atoms with E-state index in [1.54, 1.807) is 6.08 Å². The zero-order valence-electron chi connectivity index (χ0n) is 14.3. The second-order valence-corrected chi connectivity index (χ2v) is 5.94. The Hall–Kier alpha value is -2.43. The van der Waals surface area contributed by atoms with Gasteiger partial charge in [-0.25, -0.2) is 4.79 Å². The summed E-state index contributed by atoms with van der Waals surface area (Å²) in [6.07, 6.45) is 3.27. The molecule has 1 heterocycles. The number of ether oxygens (including phenoxy) is 2. The molecular weight excluding hydrogens is 314 g/mol. The SMILES string of the molecule is O=C(/C=C\c1ccc(-c2ccccc2)cc1)OCCN1CCOCC1. The highest BCUT2D eigenvalue weighted by atomic mass is 16.5. The number of nitrogens with zero attached hydrogens (tertiary/aromatic N) is 1. The lowest BCUT2D eigenvalue weighted by Gasteiger charge is -2.25. The molecule has 25 heavy (non-hydrogen) atoms. The Labute approximate surface area is 148 Å². The van der Waals surface area contributed by atoms with Crippen LogP contribution < -0.4 is 0 Å². The number of hydrogen-bond acceptors (Lipinski definition) is 4. The minimum Gasteiger partial charge on any atom is -0.461 e. The van der Waals surface area contributed by atoms with Gasteiger partial charge in [-0.2, -0.15) is 0 Å². The first-order valence-corrected chi connectivity index (χ1v) is 8.62. The van der Waals surface area contributed by atoms with Gasteiger partial charge < -0.3 is 9.47 Å². The van der Waals surface area contributed by atoms with Gasteiger partial charge in [0.1, 0.15) is 6.61 Å². The van der Waals surface area contributed by atoms with Crippen LogP contribution in [0, 0.1) is 0 Å². The van der Waals surface area contributed by atoms with Crippen LogP contribution in [0.5, 0.6) is 0 Å². The minimum absolute atomic E-state index is 0.305. The van der Waals surface area contributed by atoms with Crippen LogP contribution in [-0.2, 0) is 14.3 Å². The third-order valence-electron chi connectivity index (χ3n) is 4.19. The van der Waals surface area contributed by atoms with Gasteiger partial charge in [-0.05, 0) is 22.8 Å². The number of esters is 1. The smallest absolute Gasteiger partial charge is 0.330 e. The predicted octanol–water partition coefficient (Wildman–Crippen LogP) is 3.24. The largest absolute Gasteiger partial charge is 0.461 e. The van der Waals surface area contributed by atoms with E-state index in [1.165, 1.54) is 11.6 Å². The Kier molecular flexibility index (Phi) is 6.37. The zero-order valence-corrected chi connectivity index (χ0v) is 14.3. The van der Waals surface area contributed by atoms with E-state index >= 15 is 0 Å². The van der Waals surface area contributed by atoms with E-state index in [0.717, 1.165) is 44.0 Å². The van der Waals surface area contributed by atoms with Crippen LogP contribution in [-0.4, -0.2) is 50.3 Å². The van der Waals surface area contributed by atoms with Gasteiger partial charge in [0.2, 0.25) is 0 Å². The molecule has 0 saturated carbocycles. The van der Waals surface area contributed by atoms with E-state index in [0.29, 0.717) is 6.61 Å². The lowest BCUT2D eigenvalue weighted by Crippen LogP contribution is -2.38. The molecule has 0 spiro atoms. The molecule has 4 heteroatoms. The average Bonchev–Trinajstić information content (AvgIpc) is 2.68. The Bertz CT molecular complexity index is 689. The molecule has 1 saturated heterocycles. The zero-order chi connectivity index (χ0) is 17.3. The maximum atomic E-state index is 11.8. The third kappa shape index (κ3) is 5.55. The lowest BCUT2D eigenvalue weighted by atomic mass is 10.0. The molecule has 3 rings (SSSR count). The first-order chi connectivity index (χ1) is 12.3. The minimum atomic E-state index is -0.305. The molecule has 0 aliphatic carbocycles. The number of benzene rings is 2. The quantitative estimate of drug-likeness (QED) is 0.599. The molecule has 1 fully saturated rings. The van der Waals surface area contributed by atoms with Crippen LogP contribution >= 0.6 is 0 Å². The highest BCUT2D eigenvalue weighted by Gasteiger charge is 2.10. The van der Waals surface area contributed by atoms with Crippen molar-refractivity contribution in [3.63, 3.8) is 0 Å². The third-order valence-corrected chi connectivity index (χ3v) is 4.19. The molecule has 0 bridgehead atoms. The molecule has 2 aromatic carbocycles. The Morgan fingerprint density at radius 2 is 1.68 bits per heavy atom. The van der Waals surface area contributed by atoms with Gasteiger partial charge in [0.25, 0.3) is 0 Å². The normalized spacial score (nSPS) is 15.4. The predicted molar refractivity (Wildman–Crippen MR) is 99.1 cm³/mol.